The summed E-state index contributed by atoms with van der Waals surface area (Å²) < 4.78 is 23.4. The standard InChI is InChI=1S/C19H21ClN2O4S/c1-4-22(5-2)19(24)13-7-6-8-14(11-13)21-18(23)16-12-15(27(3,25)26)9-10-17(16)20/h6-12H,4-5H2,1-3H3,(H,21,23). The lowest BCUT2D eigenvalue weighted by atomic mass is 10.1. The number of benzene rings is 2. The molecule has 0 unspecified atom stereocenters. The lowest BCUT2D eigenvalue weighted by molar-refractivity contribution is 0.0772. The van der Waals surface area contributed by atoms with E-state index in [0.717, 1.165) is 6.26 Å². The number of carbonyl (C=O) groups is 2. The Bertz CT molecular complexity index is 969. The predicted molar refractivity (Wildman–Crippen MR) is 106 cm³/mol. The zero-order valence-corrected chi connectivity index (χ0v) is 16.9. The molecule has 0 aliphatic rings. The Morgan fingerprint density at radius 1 is 1.07 bits per heavy atom. The van der Waals surface area contributed by atoms with Gasteiger partial charge in [0, 0.05) is 30.6 Å². The molecule has 0 aliphatic carbocycles. The first kappa shape index (κ1) is 20.9. The van der Waals surface area contributed by atoms with Crippen molar-refractivity contribution in [2.75, 3.05) is 24.7 Å². The van der Waals surface area contributed by atoms with Gasteiger partial charge in [0.2, 0.25) is 0 Å². The molecule has 144 valence electrons. The first-order valence-corrected chi connectivity index (χ1v) is 10.6. The Labute approximate surface area is 164 Å². The number of halogens is 1. The van der Waals surface area contributed by atoms with Crippen LogP contribution in [0.15, 0.2) is 47.4 Å². The van der Waals surface area contributed by atoms with Gasteiger partial charge < -0.3 is 10.2 Å². The maximum absolute atomic E-state index is 12.6. The van der Waals surface area contributed by atoms with Crippen LogP contribution in [0.25, 0.3) is 0 Å². The van der Waals surface area contributed by atoms with Gasteiger partial charge in [0.1, 0.15) is 0 Å². The summed E-state index contributed by atoms with van der Waals surface area (Å²) in [6, 6.07) is 10.5. The minimum Gasteiger partial charge on any atom is -0.339 e. The first-order valence-electron chi connectivity index (χ1n) is 8.37. The highest BCUT2D eigenvalue weighted by Gasteiger charge is 2.17. The van der Waals surface area contributed by atoms with Gasteiger partial charge in [-0.2, -0.15) is 0 Å². The third kappa shape index (κ3) is 5.08. The summed E-state index contributed by atoms with van der Waals surface area (Å²) in [6.07, 6.45) is 1.06. The quantitative estimate of drug-likeness (QED) is 0.793. The Hall–Kier alpha value is -2.38. The molecule has 27 heavy (non-hydrogen) atoms. The number of rotatable bonds is 6. The zero-order chi connectivity index (χ0) is 20.2. The number of nitrogens with one attached hydrogen (secondary N) is 1. The molecular weight excluding hydrogens is 388 g/mol. The molecule has 0 aromatic heterocycles. The van der Waals surface area contributed by atoms with E-state index < -0.39 is 15.7 Å². The summed E-state index contributed by atoms with van der Waals surface area (Å²) in [5, 5.41) is 2.79. The Morgan fingerprint density at radius 2 is 1.74 bits per heavy atom. The van der Waals surface area contributed by atoms with Gasteiger partial charge in [-0.25, -0.2) is 8.42 Å². The van der Waals surface area contributed by atoms with Crippen molar-refractivity contribution >= 4 is 38.9 Å². The number of carbonyl (C=O) groups excluding carboxylic acids is 2. The van der Waals surface area contributed by atoms with Crippen LogP contribution in [-0.4, -0.2) is 44.5 Å². The lowest BCUT2D eigenvalue weighted by Gasteiger charge is -2.19. The number of sulfone groups is 1. The van der Waals surface area contributed by atoms with Gasteiger partial charge in [-0.05, 0) is 50.2 Å². The molecular formula is C19H21ClN2O4S. The van der Waals surface area contributed by atoms with E-state index in [0.29, 0.717) is 24.3 Å². The largest absolute Gasteiger partial charge is 0.339 e. The summed E-state index contributed by atoms with van der Waals surface area (Å²) in [7, 11) is -3.47. The average molecular weight is 409 g/mol. The van der Waals surface area contributed by atoms with Gasteiger partial charge in [-0.1, -0.05) is 17.7 Å². The summed E-state index contributed by atoms with van der Waals surface area (Å²) in [5.41, 5.74) is 0.909. The Balaban J connectivity index is 2.29. The topological polar surface area (TPSA) is 83.6 Å². The van der Waals surface area contributed by atoms with Crippen molar-refractivity contribution in [2.45, 2.75) is 18.7 Å². The molecule has 0 heterocycles. The van der Waals surface area contributed by atoms with Crippen LogP contribution in [0.4, 0.5) is 5.69 Å². The molecule has 0 aliphatic heterocycles. The number of nitrogens with zero attached hydrogens (tertiary/aromatic N) is 1. The van der Waals surface area contributed by atoms with E-state index in [1.807, 2.05) is 13.8 Å². The number of anilines is 1. The fourth-order valence-electron chi connectivity index (χ4n) is 2.53. The second-order valence-corrected chi connectivity index (χ2v) is 8.35. The maximum Gasteiger partial charge on any atom is 0.257 e. The van der Waals surface area contributed by atoms with Crippen LogP contribution in [-0.2, 0) is 9.84 Å². The first-order chi connectivity index (χ1) is 12.7. The van der Waals surface area contributed by atoms with Crippen LogP contribution in [0.1, 0.15) is 34.6 Å². The molecule has 2 aromatic rings. The zero-order valence-electron chi connectivity index (χ0n) is 15.3. The molecule has 0 saturated carbocycles. The minimum absolute atomic E-state index is 0.00233. The monoisotopic (exact) mass is 408 g/mol. The average Bonchev–Trinajstić information content (AvgIpc) is 2.62. The number of amides is 2. The van der Waals surface area contributed by atoms with Crippen LogP contribution in [0.5, 0.6) is 0 Å². The molecule has 2 aromatic carbocycles. The highest BCUT2D eigenvalue weighted by atomic mass is 35.5. The summed E-state index contributed by atoms with van der Waals surface area (Å²) in [4.78, 5) is 26.7. The number of hydrogen-bond acceptors (Lipinski definition) is 4. The van der Waals surface area contributed by atoms with Crippen LogP contribution >= 0.6 is 11.6 Å². The molecule has 0 saturated heterocycles. The third-order valence-electron chi connectivity index (χ3n) is 4.03. The molecule has 2 rings (SSSR count). The molecule has 1 N–H and O–H groups in total. The van der Waals surface area contributed by atoms with Crippen molar-refractivity contribution in [3.8, 4) is 0 Å². The van der Waals surface area contributed by atoms with Gasteiger partial charge >= 0.3 is 0 Å². The summed E-state index contributed by atoms with van der Waals surface area (Å²) >= 11 is 6.05. The van der Waals surface area contributed by atoms with E-state index in [1.165, 1.54) is 18.2 Å². The van der Waals surface area contributed by atoms with Gasteiger partial charge in [0.05, 0.1) is 15.5 Å². The maximum atomic E-state index is 12.6. The van der Waals surface area contributed by atoms with E-state index in [1.54, 1.807) is 29.2 Å². The molecule has 0 radical (unpaired) electrons. The van der Waals surface area contributed by atoms with Crippen molar-refractivity contribution in [2.24, 2.45) is 0 Å². The molecule has 2 amide bonds. The fraction of sp³-hybridized carbons (Fsp3) is 0.263. The van der Waals surface area contributed by atoms with Crippen molar-refractivity contribution in [1.82, 2.24) is 4.90 Å². The van der Waals surface area contributed by atoms with Crippen molar-refractivity contribution in [3.05, 3.63) is 58.6 Å². The smallest absolute Gasteiger partial charge is 0.257 e. The second kappa shape index (κ2) is 8.54. The fourth-order valence-corrected chi connectivity index (χ4v) is 3.38. The van der Waals surface area contributed by atoms with E-state index in [4.69, 9.17) is 11.6 Å². The van der Waals surface area contributed by atoms with Gasteiger partial charge in [-0.3, -0.25) is 9.59 Å². The van der Waals surface area contributed by atoms with E-state index in [9.17, 15) is 18.0 Å². The third-order valence-corrected chi connectivity index (χ3v) is 5.47. The van der Waals surface area contributed by atoms with E-state index >= 15 is 0 Å². The number of hydrogen-bond donors (Lipinski definition) is 1. The molecule has 0 bridgehead atoms. The van der Waals surface area contributed by atoms with Gasteiger partial charge in [0.25, 0.3) is 11.8 Å². The summed E-state index contributed by atoms with van der Waals surface area (Å²) in [6.45, 7) is 4.95. The normalized spacial score (nSPS) is 11.1. The summed E-state index contributed by atoms with van der Waals surface area (Å²) in [5.74, 6) is -0.689. The molecule has 0 fully saturated rings. The lowest BCUT2D eigenvalue weighted by Crippen LogP contribution is -2.30. The van der Waals surface area contributed by atoms with Gasteiger partial charge in [-0.15, -0.1) is 0 Å². The van der Waals surface area contributed by atoms with Gasteiger partial charge in [0.15, 0.2) is 9.84 Å². The predicted octanol–water partition coefficient (Wildman–Crippen LogP) is 3.48. The van der Waals surface area contributed by atoms with Crippen LogP contribution in [0, 0.1) is 0 Å². The minimum atomic E-state index is -3.47. The van der Waals surface area contributed by atoms with Crippen molar-refractivity contribution in [1.29, 1.82) is 0 Å². The molecule has 6 nitrogen and oxygen atoms in total. The van der Waals surface area contributed by atoms with E-state index in [2.05, 4.69) is 5.32 Å². The highest BCUT2D eigenvalue weighted by Crippen LogP contribution is 2.22. The molecule has 8 heteroatoms. The SMILES string of the molecule is CCN(CC)C(=O)c1cccc(NC(=O)c2cc(S(C)(=O)=O)ccc2Cl)c1. The second-order valence-electron chi connectivity index (χ2n) is 5.93. The van der Waals surface area contributed by atoms with Crippen LogP contribution < -0.4 is 5.32 Å². The Morgan fingerprint density at radius 3 is 2.33 bits per heavy atom. The Kier molecular flexibility index (Phi) is 6.62. The van der Waals surface area contributed by atoms with Crippen LogP contribution in [0.3, 0.4) is 0 Å². The van der Waals surface area contributed by atoms with E-state index in [-0.39, 0.29) is 21.4 Å². The van der Waals surface area contributed by atoms with Crippen molar-refractivity contribution < 1.29 is 18.0 Å². The molecule has 0 spiro atoms. The highest BCUT2D eigenvalue weighted by molar-refractivity contribution is 7.90. The van der Waals surface area contributed by atoms with Crippen molar-refractivity contribution in [3.63, 3.8) is 0 Å². The van der Waals surface area contributed by atoms with Crippen LogP contribution in [0.2, 0.25) is 5.02 Å². The molecule has 0 atom stereocenters.